The van der Waals surface area contributed by atoms with Crippen LogP contribution < -0.4 is 16.0 Å². The topological polar surface area (TPSA) is 80.0 Å². The minimum atomic E-state index is 0.224. The summed E-state index contributed by atoms with van der Waals surface area (Å²) in [6, 6.07) is 8.33. The number of hydrogen-bond acceptors (Lipinski definition) is 6. The summed E-state index contributed by atoms with van der Waals surface area (Å²) in [5, 5.41) is 3.19. The SMILES string of the molecule is Cc1ccccc1CCNc1nc(N)nc(N(C)C)n1. The van der Waals surface area contributed by atoms with E-state index in [1.807, 2.05) is 26.2 Å². The van der Waals surface area contributed by atoms with Gasteiger partial charge in [0.25, 0.3) is 0 Å². The zero-order valence-corrected chi connectivity index (χ0v) is 12.1. The normalized spacial score (nSPS) is 10.3. The summed E-state index contributed by atoms with van der Waals surface area (Å²) < 4.78 is 0. The van der Waals surface area contributed by atoms with Crippen molar-refractivity contribution in [3.05, 3.63) is 35.4 Å². The third-order valence-corrected chi connectivity index (χ3v) is 2.98. The van der Waals surface area contributed by atoms with Crippen LogP contribution in [0, 0.1) is 6.92 Å². The molecule has 6 heteroatoms. The lowest BCUT2D eigenvalue weighted by molar-refractivity contribution is 0.932. The van der Waals surface area contributed by atoms with Crippen molar-refractivity contribution in [2.75, 3.05) is 36.6 Å². The summed E-state index contributed by atoms with van der Waals surface area (Å²) in [7, 11) is 3.73. The fraction of sp³-hybridized carbons (Fsp3) is 0.357. The molecule has 0 saturated heterocycles. The van der Waals surface area contributed by atoms with Gasteiger partial charge in [-0.15, -0.1) is 0 Å². The molecule has 0 radical (unpaired) electrons. The highest BCUT2D eigenvalue weighted by atomic mass is 15.3. The number of nitrogen functional groups attached to an aromatic ring is 1. The van der Waals surface area contributed by atoms with Crippen LogP contribution in [0.4, 0.5) is 17.8 Å². The number of nitrogens with zero attached hydrogens (tertiary/aromatic N) is 4. The molecule has 106 valence electrons. The van der Waals surface area contributed by atoms with E-state index in [1.165, 1.54) is 11.1 Å². The molecule has 3 N–H and O–H groups in total. The third kappa shape index (κ3) is 3.57. The van der Waals surface area contributed by atoms with Gasteiger partial charge >= 0.3 is 0 Å². The number of aryl methyl sites for hydroxylation is 1. The van der Waals surface area contributed by atoms with E-state index in [0.717, 1.165) is 13.0 Å². The molecule has 20 heavy (non-hydrogen) atoms. The quantitative estimate of drug-likeness (QED) is 0.858. The van der Waals surface area contributed by atoms with E-state index in [0.29, 0.717) is 11.9 Å². The van der Waals surface area contributed by atoms with Gasteiger partial charge in [-0.1, -0.05) is 24.3 Å². The van der Waals surface area contributed by atoms with Crippen LogP contribution in [0.1, 0.15) is 11.1 Å². The molecule has 0 saturated carbocycles. The van der Waals surface area contributed by atoms with Gasteiger partial charge in [0.05, 0.1) is 0 Å². The summed E-state index contributed by atoms with van der Waals surface area (Å²) in [4.78, 5) is 14.2. The minimum Gasteiger partial charge on any atom is -0.368 e. The minimum absolute atomic E-state index is 0.224. The summed E-state index contributed by atoms with van der Waals surface area (Å²) >= 11 is 0. The highest BCUT2D eigenvalue weighted by Crippen LogP contribution is 2.10. The standard InChI is InChI=1S/C14H20N6/c1-10-6-4-5-7-11(10)8-9-16-13-17-12(15)18-14(19-13)20(2)3/h4-7H,8-9H2,1-3H3,(H3,15,16,17,18,19). The van der Waals surface area contributed by atoms with E-state index in [9.17, 15) is 0 Å². The molecule has 0 bridgehead atoms. The van der Waals surface area contributed by atoms with E-state index in [2.05, 4.69) is 39.3 Å². The largest absolute Gasteiger partial charge is 0.368 e. The molecule has 1 aromatic heterocycles. The van der Waals surface area contributed by atoms with Gasteiger partial charge < -0.3 is 16.0 Å². The Morgan fingerprint density at radius 1 is 1.15 bits per heavy atom. The predicted molar refractivity (Wildman–Crippen MR) is 81.9 cm³/mol. The van der Waals surface area contributed by atoms with Gasteiger partial charge in [-0.05, 0) is 24.5 Å². The van der Waals surface area contributed by atoms with Crippen LogP contribution in [0.25, 0.3) is 0 Å². The second kappa shape index (κ2) is 6.18. The number of hydrogen-bond donors (Lipinski definition) is 2. The van der Waals surface area contributed by atoms with E-state index in [1.54, 1.807) is 4.90 Å². The summed E-state index contributed by atoms with van der Waals surface area (Å²) in [5.41, 5.74) is 8.28. The lowest BCUT2D eigenvalue weighted by Gasteiger charge is -2.12. The number of nitrogens with two attached hydrogens (primary N) is 1. The van der Waals surface area contributed by atoms with Crippen LogP contribution in [0.5, 0.6) is 0 Å². The molecule has 0 atom stereocenters. The molecule has 0 aliphatic rings. The Morgan fingerprint density at radius 3 is 2.60 bits per heavy atom. The Hall–Kier alpha value is -2.37. The smallest absolute Gasteiger partial charge is 0.231 e. The molecular formula is C14H20N6. The molecule has 0 aliphatic heterocycles. The fourth-order valence-corrected chi connectivity index (χ4v) is 1.86. The molecule has 0 amide bonds. The molecule has 0 unspecified atom stereocenters. The number of anilines is 3. The van der Waals surface area contributed by atoms with E-state index < -0.39 is 0 Å². The Labute approximate surface area is 119 Å². The van der Waals surface area contributed by atoms with Crippen molar-refractivity contribution in [1.82, 2.24) is 15.0 Å². The molecule has 0 spiro atoms. The maximum atomic E-state index is 5.68. The lowest BCUT2D eigenvalue weighted by Crippen LogP contribution is -2.17. The highest BCUT2D eigenvalue weighted by Gasteiger charge is 2.05. The maximum Gasteiger partial charge on any atom is 0.231 e. The lowest BCUT2D eigenvalue weighted by atomic mass is 10.1. The van der Waals surface area contributed by atoms with Crippen molar-refractivity contribution >= 4 is 17.8 Å². The third-order valence-electron chi connectivity index (χ3n) is 2.98. The zero-order chi connectivity index (χ0) is 14.5. The maximum absolute atomic E-state index is 5.68. The molecule has 0 aliphatic carbocycles. The molecule has 1 aromatic carbocycles. The second-order valence-electron chi connectivity index (χ2n) is 4.81. The summed E-state index contributed by atoms with van der Waals surface area (Å²) in [5.74, 6) is 1.28. The van der Waals surface area contributed by atoms with Gasteiger partial charge in [0.2, 0.25) is 17.8 Å². The Morgan fingerprint density at radius 2 is 1.90 bits per heavy atom. The molecule has 1 heterocycles. The van der Waals surface area contributed by atoms with Gasteiger partial charge in [-0.25, -0.2) is 0 Å². The molecule has 6 nitrogen and oxygen atoms in total. The van der Waals surface area contributed by atoms with Gasteiger partial charge in [-0.2, -0.15) is 15.0 Å². The molecule has 0 fully saturated rings. The highest BCUT2D eigenvalue weighted by molar-refractivity contribution is 5.41. The molecule has 2 rings (SSSR count). The predicted octanol–water partition coefficient (Wildman–Crippen LogP) is 1.48. The van der Waals surface area contributed by atoms with Crippen LogP contribution in [0.3, 0.4) is 0 Å². The average Bonchev–Trinajstić information content (AvgIpc) is 2.40. The Kier molecular flexibility index (Phi) is 4.34. The van der Waals surface area contributed by atoms with Gasteiger partial charge in [0, 0.05) is 20.6 Å². The Bertz CT molecular complexity index is 582. The fourth-order valence-electron chi connectivity index (χ4n) is 1.86. The van der Waals surface area contributed by atoms with Crippen LogP contribution in [0.2, 0.25) is 0 Å². The first kappa shape index (κ1) is 14.0. The zero-order valence-electron chi connectivity index (χ0n) is 12.1. The van der Waals surface area contributed by atoms with Gasteiger partial charge in [-0.3, -0.25) is 0 Å². The van der Waals surface area contributed by atoms with Crippen molar-refractivity contribution in [1.29, 1.82) is 0 Å². The summed E-state index contributed by atoms with van der Waals surface area (Å²) in [6.07, 6.45) is 0.912. The van der Waals surface area contributed by atoms with E-state index in [-0.39, 0.29) is 5.95 Å². The average molecular weight is 272 g/mol. The summed E-state index contributed by atoms with van der Waals surface area (Å²) in [6.45, 7) is 2.86. The van der Waals surface area contributed by atoms with Crippen molar-refractivity contribution in [3.63, 3.8) is 0 Å². The second-order valence-corrected chi connectivity index (χ2v) is 4.81. The first-order valence-corrected chi connectivity index (χ1v) is 6.53. The van der Waals surface area contributed by atoms with Crippen LogP contribution in [0.15, 0.2) is 24.3 Å². The number of aromatic nitrogens is 3. The van der Waals surface area contributed by atoms with E-state index in [4.69, 9.17) is 5.73 Å². The van der Waals surface area contributed by atoms with Crippen molar-refractivity contribution in [3.8, 4) is 0 Å². The van der Waals surface area contributed by atoms with Crippen molar-refractivity contribution < 1.29 is 0 Å². The Balaban J connectivity index is 1.99. The molecule has 2 aromatic rings. The monoisotopic (exact) mass is 272 g/mol. The van der Waals surface area contributed by atoms with Gasteiger partial charge in [0.15, 0.2) is 0 Å². The number of rotatable bonds is 5. The van der Waals surface area contributed by atoms with Gasteiger partial charge in [0.1, 0.15) is 0 Å². The number of nitrogens with one attached hydrogen (secondary N) is 1. The first-order chi connectivity index (χ1) is 9.56. The number of benzene rings is 1. The van der Waals surface area contributed by atoms with Crippen molar-refractivity contribution in [2.24, 2.45) is 0 Å². The van der Waals surface area contributed by atoms with Crippen molar-refractivity contribution in [2.45, 2.75) is 13.3 Å². The first-order valence-electron chi connectivity index (χ1n) is 6.53. The molecular weight excluding hydrogens is 252 g/mol. The van der Waals surface area contributed by atoms with Crippen LogP contribution in [-0.2, 0) is 6.42 Å². The van der Waals surface area contributed by atoms with Crippen LogP contribution in [-0.4, -0.2) is 35.6 Å². The van der Waals surface area contributed by atoms with Crippen LogP contribution >= 0.6 is 0 Å². The van der Waals surface area contributed by atoms with E-state index >= 15 is 0 Å².